The lowest BCUT2D eigenvalue weighted by Crippen LogP contribution is -2.19. The summed E-state index contributed by atoms with van der Waals surface area (Å²) in [6, 6.07) is 1.55. The molecule has 18 heavy (non-hydrogen) atoms. The van der Waals surface area contributed by atoms with Gasteiger partial charge in [0, 0.05) is 6.04 Å². The van der Waals surface area contributed by atoms with Crippen LogP contribution in [0.2, 0.25) is 0 Å². The number of carboxylic acid groups (broad SMARTS) is 1. The molecule has 0 aliphatic carbocycles. The lowest BCUT2D eigenvalue weighted by molar-refractivity contribution is -0.275. The molecule has 1 rings (SSSR count). The van der Waals surface area contributed by atoms with Crippen molar-refractivity contribution in [2.45, 2.75) is 18.8 Å². The van der Waals surface area contributed by atoms with Crippen molar-refractivity contribution in [2.75, 3.05) is 0 Å². The fourth-order valence-corrected chi connectivity index (χ4v) is 1.26. The number of hydrogen-bond donors (Lipinski definition) is 2. The maximum atomic E-state index is 13.3. The van der Waals surface area contributed by atoms with Crippen molar-refractivity contribution in [1.82, 2.24) is 0 Å². The number of carbonyl (C=O) groups is 1. The molecule has 0 saturated carbocycles. The molecule has 0 aromatic heterocycles. The van der Waals surface area contributed by atoms with Gasteiger partial charge in [0.2, 0.25) is 0 Å². The molecule has 0 heterocycles. The number of carboxylic acids is 1. The highest BCUT2D eigenvalue weighted by atomic mass is 19.4. The van der Waals surface area contributed by atoms with Gasteiger partial charge in [-0.15, -0.1) is 13.2 Å². The SMILES string of the molecule is N[C@H](CC(=O)O)c1ccc(OC(F)(F)F)c(F)c1. The average molecular weight is 267 g/mol. The summed E-state index contributed by atoms with van der Waals surface area (Å²) in [5, 5.41) is 8.47. The normalized spacial score (nSPS) is 13.2. The van der Waals surface area contributed by atoms with Crippen LogP contribution >= 0.6 is 0 Å². The third-order valence-corrected chi connectivity index (χ3v) is 2.00. The van der Waals surface area contributed by atoms with Crippen molar-refractivity contribution in [3.63, 3.8) is 0 Å². The molecule has 4 nitrogen and oxygen atoms in total. The Morgan fingerprint density at radius 2 is 2.06 bits per heavy atom. The number of benzene rings is 1. The lowest BCUT2D eigenvalue weighted by atomic mass is 10.0. The second kappa shape index (κ2) is 5.21. The summed E-state index contributed by atoms with van der Waals surface area (Å²) in [4.78, 5) is 10.4. The van der Waals surface area contributed by atoms with Gasteiger partial charge < -0.3 is 15.6 Å². The molecule has 0 saturated heterocycles. The van der Waals surface area contributed by atoms with E-state index in [1.807, 2.05) is 0 Å². The molecule has 0 spiro atoms. The quantitative estimate of drug-likeness (QED) is 0.820. The zero-order valence-corrected chi connectivity index (χ0v) is 8.87. The Morgan fingerprint density at radius 3 is 2.50 bits per heavy atom. The molecule has 1 atom stereocenters. The third kappa shape index (κ3) is 4.21. The molecule has 0 aliphatic rings. The maximum absolute atomic E-state index is 13.3. The minimum Gasteiger partial charge on any atom is -0.481 e. The van der Waals surface area contributed by atoms with Crippen molar-refractivity contribution in [1.29, 1.82) is 0 Å². The zero-order valence-electron chi connectivity index (χ0n) is 8.87. The van der Waals surface area contributed by atoms with E-state index in [1.165, 1.54) is 0 Å². The van der Waals surface area contributed by atoms with Gasteiger partial charge in [-0.05, 0) is 17.7 Å². The van der Waals surface area contributed by atoms with E-state index < -0.39 is 36.4 Å². The Labute approximate surface area is 99.0 Å². The minimum atomic E-state index is -4.99. The number of ether oxygens (including phenoxy) is 1. The van der Waals surface area contributed by atoms with Gasteiger partial charge in [-0.25, -0.2) is 4.39 Å². The first-order valence-electron chi connectivity index (χ1n) is 4.71. The van der Waals surface area contributed by atoms with Gasteiger partial charge in [0.15, 0.2) is 11.6 Å². The number of alkyl halides is 3. The van der Waals surface area contributed by atoms with Crippen LogP contribution in [0.4, 0.5) is 17.6 Å². The summed E-state index contributed by atoms with van der Waals surface area (Å²) in [7, 11) is 0. The van der Waals surface area contributed by atoms with E-state index >= 15 is 0 Å². The zero-order chi connectivity index (χ0) is 13.9. The Kier molecular flexibility index (Phi) is 4.12. The minimum absolute atomic E-state index is 0.0735. The second-order valence-corrected chi connectivity index (χ2v) is 3.44. The highest BCUT2D eigenvalue weighted by Gasteiger charge is 2.32. The monoisotopic (exact) mass is 267 g/mol. The molecule has 1 aromatic rings. The van der Waals surface area contributed by atoms with Gasteiger partial charge in [-0.3, -0.25) is 4.79 Å². The number of rotatable bonds is 4. The van der Waals surface area contributed by atoms with Crippen LogP contribution in [0.25, 0.3) is 0 Å². The van der Waals surface area contributed by atoms with E-state index in [9.17, 15) is 22.4 Å². The molecule has 0 fully saturated rings. The molecular weight excluding hydrogens is 258 g/mol. The van der Waals surface area contributed by atoms with Gasteiger partial charge >= 0.3 is 12.3 Å². The number of hydrogen-bond acceptors (Lipinski definition) is 3. The topological polar surface area (TPSA) is 72.6 Å². The van der Waals surface area contributed by atoms with Crippen LogP contribution in [0.1, 0.15) is 18.0 Å². The van der Waals surface area contributed by atoms with Crippen molar-refractivity contribution < 1.29 is 32.2 Å². The van der Waals surface area contributed by atoms with E-state index in [4.69, 9.17) is 10.8 Å². The summed E-state index contributed by atoms with van der Waals surface area (Å²) >= 11 is 0. The van der Waals surface area contributed by atoms with Gasteiger partial charge in [0.1, 0.15) is 0 Å². The first-order chi connectivity index (χ1) is 8.19. The van der Waals surface area contributed by atoms with Gasteiger partial charge in [-0.2, -0.15) is 0 Å². The largest absolute Gasteiger partial charge is 0.573 e. The van der Waals surface area contributed by atoms with E-state index in [-0.39, 0.29) is 5.56 Å². The molecular formula is C10H9F4NO3. The van der Waals surface area contributed by atoms with Crippen LogP contribution in [0.5, 0.6) is 5.75 Å². The number of nitrogens with two attached hydrogens (primary N) is 1. The second-order valence-electron chi connectivity index (χ2n) is 3.44. The smallest absolute Gasteiger partial charge is 0.481 e. The predicted molar refractivity (Wildman–Crippen MR) is 52.3 cm³/mol. The van der Waals surface area contributed by atoms with Crippen LogP contribution < -0.4 is 10.5 Å². The fraction of sp³-hybridized carbons (Fsp3) is 0.300. The molecule has 8 heteroatoms. The Bertz CT molecular complexity index is 447. The summed E-state index contributed by atoms with van der Waals surface area (Å²) in [5.74, 6) is -3.45. The van der Waals surface area contributed by atoms with Crippen LogP contribution in [0, 0.1) is 5.82 Å². The standard InChI is InChI=1S/C10H9F4NO3/c11-6-3-5(7(15)4-9(16)17)1-2-8(6)18-10(12,13)14/h1-3,7H,4,15H2,(H,16,17)/t7-/m1/s1. The first-order valence-corrected chi connectivity index (χ1v) is 4.71. The average Bonchev–Trinajstić information content (AvgIpc) is 2.18. The third-order valence-electron chi connectivity index (χ3n) is 2.00. The van der Waals surface area contributed by atoms with Crippen molar-refractivity contribution in [3.05, 3.63) is 29.6 Å². The van der Waals surface area contributed by atoms with Gasteiger partial charge in [0.25, 0.3) is 0 Å². The molecule has 0 radical (unpaired) electrons. The van der Waals surface area contributed by atoms with E-state index in [1.54, 1.807) is 0 Å². The first kappa shape index (κ1) is 14.2. The van der Waals surface area contributed by atoms with Crippen molar-refractivity contribution in [2.24, 2.45) is 5.73 Å². The van der Waals surface area contributed by atoms with Crippen LogP contribution in [-0.2, 0) is 4.79 Å². The van der Waals surface area contributed by atoms with Gasteiger partial charge in [-0.1, -0.05) is 6.07 Å². The Balaban J connectivity index is 2.88. The summed E-state index contributed by atoms with van der Waals surface area (Å²) < 4.78 is 52.2. The molecule has 100 valence electrons. The molecule has 0 unspecified atom stereocenters. The summed E-state index contributed by atoms with van der Waals surface area (Å²) in [6.45, 7) is 0. The van der Waals surface area contributed by atoms with Crippen LogP contribution in [-0.4, -0.2) is 17.4 Å². The summed E-state index contributed by atoms with van der Waals surface area (Å²) in [6.07, 6.45) is -5.45. The molecule has 0 bridgehead atoms. The maximum Gasteiger partial charge on any atom is 0.573 e. The Morgan fingerprint density at radius 1 is 1.44 bits per heavy atom. The van der Waals surface area contributed by atoms with Crippen molar-refractivity contribution >= 4 is 5.97 Å². The summed E-state index contributed by atoms with van der Waals surface area (Å²) in [5.41, 5.74) is 5.51. The van der Waals surface area contributed by atoms with E-state index in [0.717, 1.165) is 12.1 Å². The van der Waals surface area contributed by atoms with Crippen LogP contribution in [0.3, 0.4) is 0 Å². The van der Waals surface area contributed by atoms with Crippen LogP contribution in [0.15, 0.2) is 18.2 Å². The molecule has 0 amide bonds. The van der Waals surface area contributed by atoms with E-state index in [2.05, 4.69) is 4.74 Å². The molecule has 0 aliphatic heterocycles. The number of aliphatic carboxylic acids is 1. The van der Waals surface area contributed by atoms with E-state index in [0.29, 0.717) is 6.07 Å². The Hall–Kier alpha value is -1.83. The number of halogens is 4. The highest BCUT2D eigenvalue weighted by Crippen LogP contribution is 2.27. The van der Waals surface area contributed by atoms with Crippen molar-refractivity contribution in [3.8, 4) is 5.75 Å². The highest BCUT2D eigenvalue weighted by molar-refractivity contribution is 5.67. The van der Waals surface area contributed by atoms with Gasteiger partial charge in [0.05, 0.1) is 6.42 Å². The fourth-order valence-electron chi connectivity index (χ4n) is 1.26. The molecule has 3 N–H and O–H groups in total. The molecule has 1 aromatic carbocycles. The lowest BCUT2D eigenvalue weighted by Gasteiger charge is -2.13. The predicted octanol–water partition coefficient (Wildman–Crippen LogP) is 2.20.